The van der Waals surface area contributed by atoms with Crippen LogP contribution in [0.4, 0.5) is 0 Å². The van der Waals surface area contributed by atoms with Gasteiger partial charge in [0, 0.05) is 26.9 Å². The molecule has 1 aromatic rings. The number of ether oxygens (including phenoxy) is 1. The van der Waals surface area contributed by atoms with Crippen molar-refractivity contribution in [2.45, 2.75) is 12.8 Å². The monoisotopic (exact) mass is 304 g/mol. The van der Waals surface area contributed by atoms with Gasteiger partial charge in [-0.1, -0.05) is 12.1 Å². The van der Waals surface area contributed by atoms with Crippen molar-refractivity contribution in [3.05, 3.63) is 45.2 Å². The molecule has 0 bridgehead atoms. The van der Waals surface area contributed by atoms with Crippen LogP contribution in [0, 0.1) is 0 Å². The topological polar surface area (TPSA) is 26.3 Å². The van der Waals surface area contributed by atoms with E-state index in [0.717, 1.165) is 46.8 Å². The molecule has 1 aliphatic heterocycles. The van der Waals surface area contributed by atoms with Crippen LogP contribution in [0.3, 0.4) is 0 Å². The highest BCUT2D eigenvalue weighted by atomic mass is 32.2. The zero-order chi connectivity index (χ0) is 13.9. The van der Waals surface area contributed by atoms with Gasteiger partial charge in [-0.25, -0.2) is 0 Å². The van der Waals surface area contributed by atoms with E-state index in [-0.39, 0.29) is 5.78 Å². The van der Waals surface area contributed by atoms with Crippen molar-refractivity contribution in [2.24, 2.45) is 0 Å². The second-order valence-corrected chi connectivity index (χ2v) is 7.21. The van der Waals surface area contributed by atoms with Crippen molar-refractivity contribution in [3.8, 4) is 5.75 Å². The molecule has 0 spiro atoms. The SMILES string of the molecule is COc1cccc(C=C2CCC(=C3SCCS3)C2=O)c1. The first kappa shape index (κ1) is 13.8. The highest BCUT2D eigenvalue weighted by molar-refractivity contribution is 8.25. The molecular weight excluding hydrogens is 288 g/mol. The summed E-state index contributed by atoms with van der Waals surface area (Å²) >= 11 is 3.66. The molecule has 4 heteroatoms. The summed E-state index contributed by atoms with van der Waals surface area (Å²) in [4.78, 5) is 12.5. The molecular formula is C16H16O2S2. The van der Waals surface area contributed by atoms with Crippen LogP contribution in [0.15, 0.2) is 39.6 Å². The number of hydrogen-bond donors (Lipinski definition) is 0. The Kier molecular flexibility index (Phi) is 4.22. The van der Waals surface area contributed by atoms with Crippen molar-refractivity contribution >= 4 is 35.4 Å². The smallest absolute Gasteiger partial charge is 0.186 e. The summed E-state index contributed by atoms with van der Waals surface area (Å²) < 4.78 is 6.47. The van der Waals surface area contributed by atoms with Gasteiger partial charge in [0.05, 0.1) is 7.11 Å². The second kappa shape index (κ2) is 6.10. The highest BCUT2D eigenvalue weighted by Gasteiger charge is 2.28. The van der Waals surface area contributed by atoms with Gasteiger partial charge in [-0.2, -0.15) is 0 Å². The van der Waals surface area contributed by atoms with Gasteiger partial charge in [-0.15, -0.1) is 23.5 Å². The van der Waals surface area contributed by atoms with Crippen LogP contribution in [-0.4, -0.2) is 24.4 Å². The van der Waals surface area contributed by atoms with E-state index in [9.17, 15) is 4.79 Å². The standard InChI is InChI=1S/C16H16O2S2/c1-18-13-4-2-3-11(10-13)9-12-5-6-14(15(12)17)16-19-7-8-20-16/h2-4,9-10H,5-8H2,1H3. The van der Waals surface area contributed by atoms with Crippen LogP contribution in [-0.2, 0) is 4.79 Å². The number of methoxy groups -OCH3 is 1. The molecule has 3 rings (SSSR count). The molecule has 1 aliphatic carbocycles. The fraction of sp³-hybridized carbons (Fsp3) is 0.312. The minimum absolute atomic E-state index is 0.240. The van der Waals surface area contributed by atoms with Gasteiger partial charge in [0.15, 0.2) is 5.78 Å². The van der Waals surface area contributed by atoms with E-state index in [4.69, 9.17) is 4.74 Å². The van der Waals surface area contributed by atoms with Crippen molar-refractivity contribution in [1.29, 1.82) is 0 Å². The van der Waals surface area contributed by atoms with E-state index in [0.29, 0.717) is 0 Å². The number of allylic oxidation sites excluding steroid dienone is 2. The van der Waals surface area contributed by atoms with Crippen LogP contribution < -0.4 is 4.74 Å². The molecule has 1 saturated heterocycles. The van der Waals surface area contributed by atoms with Crippen molar-refractivity contribution < 1.29 is 9.53 Å². The Bertz CT molecular complexity index is 594. The summed E-state index contributed by atoms with van der Waals surface area (Å²) in [5.41, 5.74) is 2.99. The van der Waals surface area contributed by atoms with Gasteiger partial charge in [-0.05, 0) is 36.6 Å². The molecule has 1 heterocycles. The molecule has 2 aliphatic rings. The van der Waals surface area contributed by atoms with Crippen LogP contribution in [0.25, 0.3) is 6.08 Å². The van der Waals surface area contributed by atoms with Gasteiger partial charge in [0.25, 0.3) is 0 Å². The molecule has 0 aromatic heterocycles. The largest absolute Gasteiger partial charge is 0.497 e. The number of ketones is 1. The van der Waals surface area contributed by atoms with Crippen molar-refractivity contribution in [1.82, 2.24) is 0 Å². The van der Waals surface area contributed by atoms with Gasteiger partial charge in [0.2, 0.25) is 0 Å². The predicted molar refractivity (Wildman–Crippen MR) is 87.2 cm³/mol. The fourth-order valence-corrected chi connectivity index (χ4v) is 5.04. The second-order valence-electron chi connectivity index (χ2n) is 4.74. The molecule has 20 heavy (non-hydrogen) atoms. The molecule has 2 nitrogen and oxygen atoms in total. The fourth-order valence-electron chi connectivity index (χ4n) is 2.43. The molecule has 1 aromatic carbocycles. The van der Waals surface area contributed by atoms with Crippen LogP contribution in [0.1, 0.15) is 18.4 Å². The predicted octanol–water partition coefficient (Wildman–Crippen LogP) is 4.13. The zero-order valence-electron chi connectivity index (χ0n) is 11.3. The minimum Gasteiger partial charge on any atom is -0.497 e. The van der Waals surface area contributed by atoms with Gasteiger partial charge in [-0.3, -0.25) is 4.79 Å². The van der Waals surface area contributed by atoms with Crippen LogP contribution in [0.5, 0.6) is 5.75 Å². The maximum Gasteiger partial charge on any atom is 0.186 e. The lowest BCUT2D eigenvalue weighted by atomic mass is 10.1. The summed E-state index contributed by atoms with van der Waals surface area (Å²) in [7, 11) is 1.66. The summed E-state index contributed by atoms with van der Waals surface area (Å²) in [6.07, 6.45) is 3.75. The first-order valence-electron chi connectivity index (χ1n) is 6.66. The molecule has 0 atom stereocenters. The Morgan fingerprint density at radius 2 is 2.00 bits per heavy atom. The summed E-state index contributed by atoms with van der Waals surface area (Å²) in [5, 5.41) is 0. The minimum atomic E-state index is 0.240. The summed E-state index contributed by atoms with van der Waals surface area (Å²) in [5.74, 6) is 3.33. The Hall–Kier alpha value is -1.13. The van der Waals surface area contributed by atoms with E-state index >= 15 is 0 Å². The molecule has 0 N–H and O–H groups in total. The normalized spacial score (nSPS) is 21.1. The number of rotatable bonds is 2. The number of carbonyl (C=O) groups excluding carboxylic acids is 1. The van der Waals surface area contributed by atoms with Gasteiger partial charge in [0.1, 0.15) is 5.75 Å². The molecule has 0 unspecified atom stereocenters. The maximum atomic E-state index is 12.5. The average molecular weight is 304 g/mol. The lowest BCUT2D eigenvalue weighted by Gasteiger charge is -2.02. The molecule has 2 fully saturated rings. The summed E-state index contributed by atoms with van der Waals surface area (Å²) in [6, 6.07) is 7.84. The number of thioether (sulfide) groups is 2. The number of carbonyl (C=O) groups is 1. The van der Waals surface area contributed by atoms with E-state index < -0.39 is 0 Å². The highest BCUT2D eigenvalue weighted by Crippen LogP contribution is 2.43. The Labute approximate surface area is 127 Å². The number of hydrogen-bond acceptors (Lipinski definition) is 4. The maximum absolute atomic E-state index is 12.5. The molecule has 0 amide bonds. The quantitative estimate of drug-likeness (QED) is 0.767. The third-order valence-electron chi connectivity index (χ3n) is 3.44. The van der Waals surface area contributed by atoms with Gasteiger partial charge >= 0.3 is 0 Å². The third-order valence-corrected chi connectivity index (χ3v) is 6.24. The Balaban J connectivity index is 1.86. The third kappa shape index (κ3) is 2.81. The van der Waals surface area contributed by atoms with Crippen molar-refractivity contribution in [3.63, 3.8) is 0 Å². The summed E-state index contributed by atoms with van der Waals surface area (Å²) in [6.45, 7) is 0. The van der Waals surface area contributed by atoms with Gasteiger partial charge < -0.3 is 4.74 Å². The average Bonchev–Trinajstić information content (AvgIpc) is 3.10. The van der Waals surface area contributed by atoms with E-state index in [1.165, 1.54) is 4.24 Å². The molecule has 104 valence electrons. The first-order valence-corrected chi connectivity index (χ1v) is 8.63. The van der Waals surface area contributed by atoms with E-state index in [1.54, 1.807) is 7.11 Å². The van der Waals surface area contributed by atoms with Crippen LogP contribution >= 0.6 is 23.5 Å². The lowest BCUT2D eigenvalue weighted by Crippen LogP contribution is -1.96. The lowest BCUT2D eigenvalue weighted by molar-refractivity contribution is -0.111. The van der Waals surface area contributed by atoms with E-state index in [1.807, 2.05) is 53.9 Å². The zero-order valence-corrected chi connectivity index (χ0v) is 13.0. The Morgan fingerprint density at radius 1 is 1.20 bits per heavy atom. The van der Waals surface area contributed by atoms with Crippen molar-refractivity contribution in [2.75, 3.05) is 18.6 Å². The Morgan fingerprint density at radius 3 is 2.75 bits per heavy atom. The van der Waals surface area contributed by atoms with Crippen LogP contribution in [0.2, 0.25) is 0 Å². The number of benzene rings is 1. The van der Waals surface area contributed by atoms with E-state index in [2.05, 4.69) is 0 Å². The number of Topliss-reactive ketones (excluding diaryl/α,β-unsaturated/α-hetero) is 1. The first-order chi connectivity index (χ1) is 9.78. The molecule has 1 saturated carbocycles. The molecule has 0 radical (unpaired) electrons.